The van der Waals surface area contributed by atoms with Crippen molar-refractivity contribution in [3.8, 4) is 0 Å². The molecule has 4 nitrogen and oxygen atoms in total. The normalized spacial score (nSPS) is 35.1. The van der Waals surface area contributed by atoms with Crippen LogP contribution in [0.15, 0.2) is 0 Å². The Labute approximate surface area is 124 Å². The number of hydrogen-bond donors (Lipinski definition) is 1. The van der Waals surface area contributed by atoms with Crippen molar-refractivity contribution >= 4 is 10.0 Å². The Kier molecular flexibility index (Phi) is 3.60. The second-order valence-electron chi connectivity index (χ2n) is 8.84. The number of piperidine rings is 1. The third kappa shape index (κ3) is 3.04. The van der Waals surface area contributed by atoms with Crippen molar-refractivity contribution in [1.29, 1.82) is 0 Å². The SMILES string of the molecule is CC(C)(C)C1C[C@@]2(CNS(C)(=O)=O)C[C@H]2N1C(C)(C)C. The van der Waals surface area contributed by atoms with E-state index in [1.807, 2.05) is 0 Å². The summed E-state index contributed by atoms with van der Waals surface area (Å²) in [5.41, 5.74) is 0.513. The Morgan fingerprint density at radius 3 is 2.05 bits per heavy atom. The summed E-state index contributed by atoms with van der Waals surface area (Å²) in [6.07, 6.45) is 3.47. The van der Waals surface area contributed by atoms with Crippen LogP contribution >= 0.6 is 0 Å². The molecule has 1 N–H and O–H groups in total. The Balaban J connectivity index is 2.19. The van der Waals surface area contributed by atoms with Gasteiger partial charge in [0.2, 0.25) is 10.0 Å². The quantitative estimate of drug-likeness (QED) is 0.869. The van der Waals surface area contributed by atoms with Crippen LogP contribution in [0, 0.1) is 10.8 Å². The largest absolute Gasteiger partial charge is 0.291 e. The third-order valence-electron chi connectivity index (χ3n) is 4.88. The first kappa shape index (κ1) is 16.2. The highest BCUT2D eigenvalue weighted by Gasteiger charge is 2.67. The molecule has 1 saturated carbocycles. The minimum absolute atomic E-state index is 0.131. The Morgan fingerprint density at radius 2 is 1.70 bits per heavy atom. The van der Waals surface area contributed by atoms with E-state index in [4.69, 9.17) is 0 Å². The van der Waals surface area contributed by atoms with E-state index in [0.717, 1.165) is 12.8 Å². The molecule has 2 rings (SSSR count). The number of rotatable bonds is 3. The highest BCUT2D eigenvalue weighted by Crippen LogP contribution is 2.63. The van der Waals surface area contributed by atoms with Crippen molar-refractivity contribution < 1.29 is 8.42 Å². The van der Waals surface area contributed by atoms with Crippen LogP contribution in [0.25, 0.3) is 0 Å². The standard InChI is InChI=1S/C15H30N2O2S/c1-13(2,3)11-8-15(10-16-20(7,18)19)9-12(15)17(11)14(4,5)6/h11-12,16H,8-10H2,1-7H3/t11?,12-,15+/m1/s1. The molecule has 2 fully saturated rings. The molecule has 1 aliphatic carbocycles. The molecule has 0 aromatic rings. The topological polar surface area (TPSA) is 49.4 Å². The van der Waals surface area contributed by atoms with E-state index in [1.54, 1.807) is 0 Å². The first-order valence-electron chi connectivity index (χ1n) is 7.49. The zero-order valence-corrected chi connectivity index (χ0v) is 14.8. The molecule has 1 unspecified atom stereocenters. The molecule has 1 saturated heterocycles. The van der Waals surface area contributed by atoms with Crippen LogP contribution < -0.4 is 4.72 Å². The third-order valence-corrected chi connectivity index (χ3v) is 5.55. The summed E-state index contributed by atoms with van der Waals surface area (Å²) in [7, 11) is -3.10. The molecule has 118 valence electrons. The fourth-order valence-electron chi connectivity index (χ4n) is 3.83. The molecule has 3 atom stereocenters. The maximum atomic E-state index is 11.4. The molecular weight excluding hydrogens is 272 g/mol. The average molecular weight is 302 g/mol. The Morgan fingerprint density at radius 1 is 1.15 bits per heavy atom. The summed E-state index contributed by atoms with van der Waals surface area (Å²) in [6, 6.07) is 1.04. The van der Waals surface area contributed by atoms with Crippen LogP contribution in [0.3, 0.4) is 0 Å². The van der Waals surface area contributed by atoms with Crippen molar-refractivity contribution in [2.75, 3.05) is 12.8 Å². The zero-order chi connectivity index (χ0) is 15.6. The average Bonchev–Trinajstić information content (AvgIpc) is 2.76. The maximum absolute atomic E-state index is 11.4. The summed E-state index contributed by atoms with van der Waals surface area (Å²) < 4.78 is 25.5. The Hall–Kier alpha value is -0.130. The predicted molar refractivity (Wildman–Crippen MR) is 83.1 cm³/mol. The van der Waals surface area contributed by atoms with Gasteiger partial charge in [0.1, 0.15) is 0 Å². The summed E-state index contributed by atoms with van der Waals surface area (Å²) >= 11 is 0. The van der Waals surface area contributed by atoms with Gasteiger partial charge in [-0.2, -0.15) is 0 Å². The molecule has 20 heavy (non-hydrogen) atoms. The van der Waals surface area contributed by atoms with Gasteiger partial charge in [0.25, 0.3) is 0 Å². The van der Waals surface area contributed by atoms with Crippen molar-refractivity contribution in [2.24, 2.45) is 10.8 Å². The number of nitrogens with zero attached hydrogens (tertiary/aromatic N) is 1. The number of nitrogens with one attached hydrogen (secondary N) is 1. The highest BCUT2D eigenvalue weighted by atomic mass is 32.2. The van der Waals surface area contributed by atoms with Crippen LogP contribution in [0.2, 0.25) is 0 Å². The molecule has 5 heteroatoms. The second-order valence-corrected chi connectivity index (χ2v) is 10.7. The van der Waals surface area contributed by atoms with E-state index < -0.39 is 10.0 Å². The smallest absolute Gasteiger partial charge is 0.208 e. The molecular formula is C15H30N2O2S. The van der Waals surface area contributed by atoms with E-state index in [1.165, 1.54) is 6.26 Å². The van der Waals surface area contributed by atoms with E-state index >= 15 is 0 Å². The van der Waals surface area contributed by atoms with Gasteiger partial charge in [0.05, 0.1) is 6.26 Å². The van der Waals surface area contributed by atoms with E-state index in [0.29, 0.717) is 18.6 Å². The fourth-order valence-corrected chi connectivity index (χ4v) is 4.38. The van der Waals surface area contributed by atoms with Crippen LogP contribution in [0.5, 0.6) is 0 Å². The van der Waals surface area contributed by atoms with Gasteiger partial charge in [-0.3, -0.25) is 4.90 Å². The van der Waals surface area contributed by atoms with Gasteiger partial charge in [-0.25, -0.2) is 13.1 Å². The lowest BCUT2D eigenvalue weighted by molar-refractivity contribution is 0.0362. The molecule has 1 heterocycles. The van der Waals surface area contributed by atoms with Crippen LogP contribution in [-0.2, 0) is 10.0 Å². The molecule has 0 radical (unpaired) electrons. The molecule has 2 aliphatic rings. The highest BCUT2D eigenvalue weighted by molar-refractivity contribution is 7.88. The zero-order valence-electron chi connectivity index (χ0n) is 13.9. The maximum Gasteiger partial charge on any atom is 0.208 e. The van der Waals surface area contributed by atoms with Crippen molar-refractivity contribution in [3.63, 3.8) is 0 Å². The number of hydrogen-bond acceptors (Lipinski definition) is 3. The fraction of sp³-hybridized carbons (Fsp3) is 1.00. The lowest BCUT2D eigenvalue weighted by Crippen LogP contribution is -2.51. The lowest BCUT2D eigenvalue weighted by atomic mass is 9.80. The van der Waals surface area contributed by atoms with Crippen molar-refractivity contribution in [3.05, 3.63) is 0 Å². The van der Waals surface area contributed by atoms with Crippen LogP contribution in [-0.4, -0.2) is 43.7 Å². The predicted octanol–water partition coefficient (Wildman–Crippen LogP) is 2.21. The molecule has 0 bridgehead atoms. The molecule has 0 amide bonds. The number of fused-ring (bicyclic) bond motifs is 1. The minimum Gasteiger partial charge on any atom is -0.291 e. The van der Waals surface area contributed by atoms with Crippen LogP contribution in [0.1, 0.15) is 54.4 Å². The van der Waals surface area contributed by atoms with Crippen molar-refractivity contribution in [2.45, 2.75) is 72.0 Å². The summed E-state index contributed by atoms with van der Waals surface area (Å²) in [6.45, 7) is 14.3. The first-order chi connectivity index (χ1) is 8.76. The number of likely N-dealkylation sites (tertiary alicyclic amines) is 1. The Bertz CT molecular complexity index is 487. The van der Waals surface area contributed by atoms with Gasteiger partial charge in [-0.15, -0.1) is 0 Å². The first-order valence-corrected chi connectivity index (χ1v) is 9.39. The van der Waals surface area contributed by atoms with E-state index in [-0.39, 0.29) is 16.4 Å². The number of sulfonamides is 1. The van der Waals surface area contributed by atoms with Crippen molar-refractivity contribution in [1.82, 2.24) is 9.62 Å². The summed E-state index contributed by atoms with van der Waals surface area (Å²) in [5, 5.41) is 0. The van der Waals surface area contributed by atoms with Gasteiger partial charge in [-0.05, 0) is 39.0 Å². The van der Waals surface area contributed by atoms with Gasteiger partial charge < -0.3 is 0 Å². The molecule has 1 aliphatic heterocycles. The molecule has 0 aromatic carbocycles. The van der Waals surface area contributed by atoms with E-state index in [2.05, 4.69) is 51.2 Å². The summed E-state index contributed by atoms with van der Waals surface area (Å²) in [4.78, 5) is 2.64. The minimum atomic E-state index is -3.10. The van der Waals surface area contributed by atoms with Gasteiger partial charge in [-0.1, -0.05) is 20.8 Å². The molecule has 0 aromatic heterocycles. The van der Waals surface area contributed by atoms with Gasteiger partial charge in [0, 0.05) is 29.6 Å². The lowest BCUT2D eigenvalue weighted by Gasteiger charge is -2.45. The van der Waals surface area contributed by atoms with E-state index in [9.17, 15) is 8.42 Å². The second kappa shape index (κ2) is 4.43. The van der Waals surface area contributed by atoms with Gasteiger partial charge >= 0.3 is 0 Å². The summed E-state index contributed by atoms with van der Waals surface area (Å²) in [5.74, 6) is 0. The monoisotopic (exact) mass is 302 g/mol. The molecule has 0 spiro atoms. The van der Waals surface area contributed by atoms with Crippen LogP contribution in [0.4, 0.5) is 0 Å². The van der Waals surface area contributed by atoms with Gasteiger partial charge in [0.15, 0.2) is 0 Å².